The molecule has 0 unspecified atom stereocenters. The van der Waals surface area contributed by atoms with Crippen LogP contribution in [0.15, 0.2) is 0 Å². The van der Waals surface area contributed by atoms with Crippen molar-refractivity contribution < 1.29 is 0 Å². The number of nitrogens with one attached hydrogen (secondary N) is 1. The zero-order chi connectivity index (χ0) is 11.8. The molecule has 3 heteroatoms. The van der Waals surface area contributed by atoms with Crippen molar-refractivity contribution in [3.05, 3.63) is 0 Å². The number of nitrogens with zero attached hydrogens (tertiary/aromatic N) is 2. The Labute approximate surface area is 101 Å². The van der Waals surface area contributed by atoms with Gasteiger partial charge in [0.15, 0.2) is 0 Å². The summed E-state index contributed by atoms with van der Waals surface area (Å²) < 4.78 is 0. The molecule has 2 fully saturated rings. The van der Waals surface area contributed by atoms with Crippen LogP contribution >= 0.6 is 0 Å². The zero-order valence-electron chi connectivity index (χ0n) is 11.3. The van der Waals surface area contributed by atoms with E-state index >= 15 is 0 Å². The third kappa shape index (κ3) is 4.81. The molecule has 0 aromatic heterocycles. The predicted octanol–water partition coefficient (Wildman–Crippen LogP) is 1.26. The third-order valence-electron chi connectivity index (χ3n) is 3.56. The van der Waals surface area contributed by atoms with Gasteiger partial charge in [-0.15, -0.1) is 0 Å². The van der Waals surface area contributed by atoms with Gasteiger partial charge in [-0.25, -0.2) is 0 Å². The fraction of sp³-hybridized carbons (Fsp3) is 1.00. The first-order valence-corrected chi connectivity index (χ1v) is 6.96. The van der Waals surface area contributed by atoms with Crippen LogP contribution in [0.3, 0.4) is 0 Å². The number of likely N-dealkylation sites (tertiary alicyclic amines) is 1. The molecule has 0 aliphatic carbocycles. The number of piperidine rings is 1. The monoisotopic (exact) mass is 227 g/mol. The summed E-state index contributed by atoms with van der Waals surface area (Å²) in [5.41, 5.74) is 0. The summed E-state index contributed by atoms with van der Waals surface area (Å²) in [4.78, 5) is 5.08. The zero-order valence-corrected chi connectivity index (χ0v) is 11.3. The Kier molecular flexibility index (Phi) is 7.01. The van der Waals surface area contributed by atoms with Crippen LogP contribution in [0.2, 0.25) is 0 Å². The number of hydrogen-bond acceptors (Lipinski definition) is 3. The van der Waals surface area contributed by atoms with E-state index < -0.39 is 0 Å². The highest BCUT2D eigenvalue weighted by Gasteiger charge is 2.20. The first kappa shape index (κ1) is 13.9. The Bertz CT molecular complexity index is 159. The minimum absolute atomic E-state index is 0.962. The highest BCUT2D eigenvalue weighted by molar-refractivity contribution is 4.76. The first-order valence-electron chi connectivity index (χ1n) is 6.96. The molecule has 96 valence electrons. The Morgan fingerprint density at radius 2 is 1.56 bits per heavy atom. The van der Waals surface area contributed by atoms with Gasteiger partial charge >= 0.3 is 0 Å². The van der Waals surface area contributed by atoms with Gasteiger partial charge in [0.25, 0.3) is 0 Å². The van der Waals surface area contributed by atoms with Crippen molar-refractivity contribution in [2.75, 3.05) is 52.9 Å². The maximum Gasteiger partial charge on any atom is 0.0107 e. The molecule has 0 aromatic rings. The summed E-state index contributed by atoms with van der Waals surface area (Å²) in [7, 11) is 2.24. The van der Waals surface area contributed by atoms with Gasteiger partial charge in [0.2, 0.25) is 0 Å². The second kappa shape index (κ2) is 8.04. The van der Waals surface area contributed by atoms with E-state index in [4.69, 9.17) is 0 Å². The van der Waals surface area contributed by atoms with E-state index in [0.29, 0.717) is 0 Å². The highest BCUT2D eigenvalue weighted by atomic mass is 15.2. The molecule has 2 aliphatic rings. The lowest BCUT2D eigenvalue weighted by Gasteiger charge is -2.34. The smallest absolute Gasteiger partial charge is 0.0107 e. The van der Waals surface area contributed by atoms with Crippen LogP contribution in [-0.2, 0) is 0 Å². The van der Waals surface area contributed by atoms with Crippen LogP contribution in [-0.4, -0.2) is 62.7 Å². The summed E-state index contributed by atoms with van der Waals surface area (Å²) in [6.07, 6.45) is 2.81. The molecule has 3 nitrogen and oxygen atoms in total. The van der Waals surface area contributed by atoms with Crippen LogP contribution in [0.1, 0.15) is 26.7 Å². The van der Waals surface area contributed by atoms with E-state index in [1.165, 1.54) is 58.7 Å². The largest absolute Gasteiger partial charge is 0.314 e. The SMILES string of the molecule is CC.CN1CCC(CN2CCNCC2)CC1. The molecule has 2 heterocycles. The minimum atomic E-state index is 0.962. The second-order valence-corrected chi connectivity index (χ2v) is 4.80. The van der Waals surface area contributed by atoms with Gasteiger partial charge in [-0.2, -0.15) is 0 Å². The van der Waals surface area contributed by atoms with Crippen molar-refractivity contribution >= 4 is 0 Å². The minimum Gasteiger partial charge on any atom is -0.314 e. The van der Waals surface area contributed by atoms with Crippen molar-refractivity contribution in [3.8, 4) is 0 Å². The topological polar surface area (TPSA) is 18.5 Å². The van der Waals surface area contributed by atoms with Crippen LogP contribution in [0.4, 0.5) is 0 Å². The predicted molar refractivity (Wildman–Crippen MR) is 70.9 cm³/mol. The molecule has 2 rings (SSSR count). The van der Waals surface area contributed by atoms with Gasteiger partial charge in [0.05, 0.1) is 0 Å². The van der Waals surface area contributed by atoms with E-state index in [9.17, 15) is 0 Å². The van der Waals surface area contributed by atoms with Gasteiger partial charge < -0.3 is 15.1 Å². The molecule has 0 spiro atoms. The van der Waals surface area contributed by atoms with E-state index in [-0.39, 0.29) is 0 Å². The van der Waals surface area contributed by atoms with Gasteiger partial charge in [-0.1, -0.05) is 13.8 Å². The normalized spacial score (nSPS) is 24.9. The van der Waals surface area contributed by atoms with Gasteiger partial charge in [-0.3, -0.25) is 0 Å². The molecule has 1 N–H and O–H groups in total. The van der Waals surface area contributed by atoms with Crippen molar-refractivity contribution in [3.63, 3.8) is 0 Å². The van der Waals surface area contributed by atoms with E-state index in [0.717, 1.165) is 5.92 Å². The fourth-order valence-corrected chi connectivity index (χ4v) is 2.50. The molecular weight excluding hydrogens is 198 g/mol. The average molecular weight is 227 g/mol. The van der Waals surface area contributed by atoms with Crippen molar-refractivity contribution in [1.82, 2.24) is 15.1 Å². The lowest BCUT2D eigenvalue weighted by atomic mass is 9.96. The molecule has 0 amide bonds. The Hall–Kier alpha value is -0.120. The molecule has 2 saturated heterocycles. The van der Waals surface area contributed by atoms with E-state index in [2.05, 4.69) is 22.2 Å². The summed E-state index contributed by atoms with van der Waals surface area (Å²) in [5.74, 6) is 0.962. The van der Waals surface area contributed by atoms with Crippen LogP contribution in [0.25, 0.3) is 0 Å². The lowest BCUT2D eigenvalue weighted by molar-refractivity contribution is 0.150. The summed E-state index contributed by atoms with van der Waals surface area (Å²) in [5, 5.41) is 3.41. The van der Waals surface area contributed by atoms with Gasteiger partial charge in [0, 0.05) is 32.7 Å². The number of hydrogen-bond donors (Lipinski definition) is 1. The standard InChI is InChI=1S/C11H23N3.C2H6/c1-13-6-2-11(3-7-13)10-14-8-4-12-5-9-14;1-2/h11-12H,2-10H2,1H3;1-2H3. The maximum atomic E-state index is 3.41. The van der Waals surface area contributed by atoms with Crippen LogP contribution in [0.5, 0.6) is 0 Å². The van der Waals surface area contributed by atoms with E-state index in [1.807, 2.05) is 13.8 Å². The maximum absolute atomic E-state index is 3.41. The van der Waals surface area contributed by atoms with Crippen LogP contribution < -0.4 is 5.32 Å². The molecule has 0 aromatic carbocycles. The number of piperazine rings is 1. The number of rotatable bonds is 2. The van der Waals surface area contributed by atoms with Gasteiger partial charge in [-0.05, 0) is 38.9 Å². The Morgan fingerprint density at radius 1 is 1.00 bits per heavy atom. The molecule has 0 saturated carbocycles. The first-order chi connectivity index (χ1) is 7.84. The summed E-state index contributed by atoms with van der Waals surface area (Å²) in [6, 6.07) is 0. The fourth-order valence-electron chi connectivity index (χ4n) is 2.50. The van der Waals surface area contributed by atoms with Crippen molar-refractivity contribution in [2.24, 2.45) is 5.92 Å². The molecule has 0 atom stereocenters. The molecule has 2 aliphatic heterocycles. The van der Waals surface area contributed by atoms with Crippen molar-refractivity contribution in [2.45, 2.75) is 26.7 Å². The van der Waals surface area contributed by atoms with Crippen molar-refractivity contribution in [1.29, 1.82) is 0 Å². The molecule has 16 heavy (non-hydrogen) atoms. The molecule has 0 radical (unpaired) electrons. The summed E-state index contributed by atoms with van der Waals surface area (Å²) in [6.45, 7) is 12.8. The molecular formula is C13H29N3. The van der Waals surface area contributed by atoms with Crippen LogP contribution in [0, 0.1) is 5.92 Å². The van der Waals surface area contributed by atoms with Gasteiger partial charge in [0.1, 0.15) is 0 Å². The second-order valence-electron chi connectivity index (χ2n) is 4.80. The van der Waals surface area contributed by atoms with E-state index in [1.54, 1.807) is 0 Å². The molecule has 0 bridgehead atoms. The Balaban J connectivity index is 0.000000606. The highest BCUT2D eigenvalue weighted by Crippen LogP contribution is 2.17. The third-order valence-corrected chi connectivity index (χ3v) is 3.56. The quantitative estimate of drug-likeness (QED) is 0.766. The summed E-state index contributed by atoms with van der Waals surface area (Å²) >= 11 is 0. The lowest BCUT2D eigenvalue weighted by Crippen LogP contribution is -2.46. The Morgan fingerprint density at radius 3 is 2.12 bits per heavy atom. The average Bonchev–Trinajstić information content (AvgIpc) is 2.36.